The molecule has 0 fully saturated rings. The molecule has 0 spiro atoms. The Morgan fingerprint density at radius 2 is 1.79 bits per heavy atom. The molecule has 0 atom stereocenters. The second-order valence-corrected chi connectivity index (χ2v) is 4.33. The lowest BCUT2D eigenvalue weighted by Crippen LogP contribution is -2.22. The van der Waals surface area contributed by atoms with E-state index in [1.54, 1.807) is 0 Å². The van der Waals surface area contributed by atoms with E-state index >= 15 is 0 Å². The summed E-state index contributed by atoms with van der Waals surface area (Å²) in [4.78, 5) is 2.33. The van der Waals surface area contributed by atoms with Crippen molar-refractivity contribution >= 4 is 5.69 Å². The summed E-state index contributed by atoms with van der Waals surface area (Å²) in [6.07, 6.45) is 0. The molecule has 2 heteroatoms. The summed E-state index contributed by atoms with van der Waals surface area (Å²) in [5, 5.41) is 0. The molecular weight excluding hydrogens is 172 g/mol. The average Bonchev–Trinajstić information content (AvgIpc) is 2.07. The summed E-state index contributed by atoms with van der Waals surface area (Å²) in [5.74, 6) is 0.716. The van der Waals surface area contributed by atoms with E-state index in [-0.39, 0.29) is 0 Å². The third-order valence-corrected chi connectivity index (χ3v) is 2.11. The first-order valence-electron chi connectivity index (χ1n) is 5.11. The van der Waals surface area contributed by atoms with E-state index in [1.807, 2.05) is 12.1 Å². The molecule has 1 aromatic rings. The maximum absolute atomic E-state index is 5.62. The van der Waals surface area contributed by atoms with Crippen molar-refractivity contribution in [3.05, 3.63) is 29.8 Å². The van der Waals surface area contributed by atoms with Crippen LogP contribution in [-0.2, 0) is 6.54 Å². The minimum atomic E-state index is 0.716. The second kappa shape index (κ2) is 5.01. The van der Waals surface area contributed by atoms with Gasteiger partial charge in [0.15, 0.2) is 0 Å². The summed E-state index contributed by atoms with van der Waals surface area (Å²) >= 11 is 0. The van der Waals surface area contributed by atoms with Gasteiger partial charge in [-0.2, -0.15) is 0 Å². The molecule has 0 aliphatic heterocycles. The fourth-order valence-electron chi connectivity index (χ4n) is 1.62. The van der Waals surface area contributed by atoms with Crippen LogP contribution in [0.3, 0.4) is 0 Å². The number of nitrogens with zero attached hydrogens (tertiary/aromatic N) is 1. The first kappa shape index (κ1) is 11.1. The monoisotopic (exact) mass is 192 g/mol. The minimum absolute atomic E-state index is 0.716. The van der Waals surface area contributed by atoms with E-state index in [1.165, 1.54) is 5.56 Å². The third kappa shape index (κ3) is 3.79. The molecule has 0 saturated carbocycles. The molecule has 0 amide bonds. The molecule has 14 heavy (non-hydrogen) atoms. The molecule has 0 radical (unpaired) electrons. The largest absolute Gasteiger partial charge is 0.399 e. The Morgan fingerprint density at radius 3 is 2.29 bits per heavy atom. The lowest BCUT2D eigenvalue weighted by atomic mass is 10.1. The van der Waals surface area contributed by atoms with Gasteiger partial charge >= 0.3 is 0 Å². The smallest absolute Gasteiger partial charge is 0.0314 e. The van der Waals surface area contributed by atoms with Gasteiger partial charge in [-0.15, -0.1) is 0 Å². The van der Waals surface area contributed by atoms with E-state index in [9.17, 15) is 0 Å². The number of rotatable bonds is 4. The van der Waals surface area contributed by atoms with Crippen molar-refractivity contribution in [1.29, 1.82) is 0 Å². The zero-order valence-corrected chi connectivity index (χ0v) is 9.33. The van der Waals surface area contributed by atoms with Crippen LogP contribution < -0.4 is 5.73 Å². The van der Waals surface area contributed by atoms with E-state index in [2.05, 4.69) is 37.9 Å². The van der Waals surface area contributed by atoms with Gasteiger partial charge in [0.1, 0.15) is 0 Å². The van der Waals surface area contributed by atoms with Crippen LogP contribution in [0.5, 0.6) is 0 Å². The van der Waals surface area contributed by atoms with Gasteiger partial charge in [-0.25, -0.2) is 0 Å². The van der Waals surface area contributed by atoms with Crippen molar-refractivity contribution in [3.8, 4) is 0 Å². The molecule has 2 nitrogen and oxygen atoms in total. The predicted molar refractivity (Wildman–Crippen MR) is 62.0 cm³/mol. The maximum Gasteiger partial charge on any atom is 0.0314 e. The molecule has 0 aliphatic carbocycles. The summed E-state index contributed by atoms with van der Waals surface area (Å²) in [5.41, 5.74) is 7.78. The Bertz CT molecular complexity index is 264. The normalized spacial score (nSPS) is 11.2. The molecule has 0 aliphatic rings. The molecular formula is C12H20N2. The van der Waals surface area contributed by atoms with Crippen molar-refractivity contribution in [2.24, 2.45) is 5.92 Å². The summed E-state index contributed by atoms with van der Waals surface area (Å²) in [6.45, 7) is 6.60. The van der Waals surface area contributed by atoms with Crippen LogP contribution in [0.15, 0.2) is 24.3 Å². The van der Waals surface area contributed by atoms with Crippen molar-refractivity contribution in [3.63, 3.8) is 0 Å². The predicted octanol–water partition coefficient (Wildman–Crippen LogP) is 2.36. The van der Waals surface area contributed by atoms with Crippen molar-refractivity contribution in [2.45, 2.75) is 20.4 Å². The van der Waals surface area contributed by atoms with Crippen LogP contribution in [0, 0.1) is 5.92 Å². The van der Waals surface area contributed by atoms with Gasteiger partial charge in [0.25, 0.3) is 0 Å². The maximum atomic E-state index is 5.62. The fourth-order valence-corrected chi connectivity index (χ4v) is 1.62. The number of nitrogen functional groups attached to an aromatic ring is 1. The van der Waals surface area contributed by atoms with Crippen LogP contribution in [0.25, 0.3) is 0 Å². The van der Waals surface area contributed by atoms with Crippen LogP contribution in [-0.4, -0.2) is 18.5 Å². The molecule has 1 rings (SSSR count). The van der Waals surface area contributed by atoms with Crippen LogP contribution in [0.2, 0.25) is 0 Å². The summed E-state index contributed by atoms with van der Waals surface area (Å²) in [7, 11) is 2.15. The zero-order chi connectivity index (χ0) is 10.6. The topological polar surface area (TPSA) is 29.3 Å². The van der Waals surface area contributed by atoms with E-state index in [0.29, 0.717) is 5.92 Å². The van der Waals surface area contributed by atoms with Crippen molar-refractivity contribution < 1.29 is 0 Å². The average molecular weight is 192 g/mol. The van der Waals surface area contributed by atoms with Crippen LogP contribution in [0.4, 0.5) is 5.69 Å². The highest BCUT2D eigenvalue weighted by Gasteiger charge is 2.02. The van der Waals surface area contributed by atoms with E-state index in [4.69, 9.17) is 5.73 Å². The lowest BCUT2D eigenvalue weighted by Gasteiger charge is -2.18. The third-order valence-electron chi connectivity index (χ3n) is 2.11. The molecule has 0 bridgehead atoms. The first-order valence-corrected chi connectivity index (χ1v) is 5.11. The Kier molecular flexibility index (Phi) is 3.96. The van der Waals surface area contributed by atoms with Crippen molar-refractivity contribution in [2.75, 3.05) is 19.3 Å². The van der Waals surface area contributed by atoms with E-state index < -0.39 is 0 Å². The zero-order valence-electron chi connectivity index (χ0n) is 9.33. The van der Waals surface area contributed by atoms with Crippen LogP contribution in [0.1, 0.15) is 19.4 Å². The molecule has 0 unspecified atom stereocenters. The second-order valence-electron chi connectivity index (χ2n) is 4.33. The minimum Gasteiger partial charge on any atom is -0.399 e. The number of benzene rings is 1. The SMILES string of the molecule is CC(C)CN(C)Cc1ccc(N)cc1. The summed E-state index contributed by atoms with van der Waals surface area (Å²) < 4.78 is 0. The molecule has 1 aromatic carbocycles. The fraction of sp³-hybridized carbons (Fsp3) is 0.500. The standard InChI is InChI=1S/C12H20N2/c1-10(2)8-14(3)9-11-4-6-12(13)7-5-11/h4-7,10H,8-9,13H2,1-3H3. The van der Waals surface area contributed by atoms with Gasteiger partial charge < -0.3 is 10.6 Å². The Morgan fingerprint density at radius 1 is 1.21 bits per heavy atom. The van der Waals surface area contributed by atoms with Gasteiger partial charge in [-0.3, -0.25) is 0 Å². The van der Waals surface area contributed by atoms with Crippen LogP contribution >= 0.6 is 0 Å². The number of nitrogens with two attached hydrogens (primary N) is 1. The lowest BCUT2D eigenvalue weighted by molar-refractivity contribution is 0.288. The van der Waals surface area contributed by atoms with Gasteiger partial charge in [0.2, 0.25) is 0 Å². The summed E-state index contributed by atoms with van der Waals surface area (Å²) in [6, 6.07) is 8.09. The van der Waals surface area contributed by atoms with E-state index in [0.717, 1.165) is 18.8 Å². The first-order chi connectivity index (χ1) is 6.58. The molecule has 0 aromatic heterocycles. The molecule has 0 heterocycles. The molecule has 2 N–H and O–H groups in total. The number of hydrogen-bond acceptors (Lipinski definition) is 2. The van der Waals surface area contributed by atoms with Crippen molar-refractivity contribution in [1.82, 2.24) is 4.90 Å². The Balaban J connectivity index is 2.47. The van der Waals surface area contributed by atoms with Gasteiger partial charge in [0.05, 0.1) is 0 Å². The number of hydrogen-bond donors (Lipinski definition) is 1. The van der Waals surface area contributed by atoms with Gasteiger partial charge in [0, 0.05) is 18.8 Å². The quantitative estimate of drug-likeness (QED) is 0.742. The number of anilines is 1. The highest BCUT2D eigenvalue weighted by atomic mass is 15.1. The Labute approximate surface area is 86.7 Å². The highest BCUT2D eigenvalue weighted by Crippen LogP contribution is 2.08. The van der Waals surface area contributed by atoms with Gasteiger partial charge in [-0.1, -0.05) is 26.0 Å². The molecule has 78 valence electrons. The molecule has 0 saturated heterocycles. The Hall–Kier alpha value is -1.02. The highest BCUT2D eigenvalue weighted by molar-refractivity contribution is 5.39. The van der Waals surface area contributed by atoms with Gasteiger partial charge in [-0.05, 0) is 30.7 Å².